The lowest BCUT2D eigenvalue weighted by atomic mass is 10.2. The molecule has 1 atom stereocenters. The molecular formula is C12H14BrN3O2. The summed E-state index contributed by atoms with van der Waals surface area (Å²) in [4.78, 5) is 0. The van der Waals surface area contributed by atoms with Crippen molar-refractivity contribution in [2.24, 2.45) is 5.73 Å². The summed E-state index contributed by atoms with van der Waals surface area (Å²) in [5, 5.41) is 7.95. The van der Waals surface area contributed by atoms with E-state index in [1.54, 1.807) is 7.11 Å². The maximum atomic E-state index is 5.85. The molecule has 0 radical (unpaired) electrons. The normalized spacial score (nSPS) is 12.4. The van der Waals surface area contributed by atoms with Crippen molar-refractivity contribution in [3.8, 4) is 17.2 Å². The van der Waals surface area contributed by atoms with Crippen molar-refractivity contribution in [2.75, 3.05) is 7.11 Å². The van der Waals surface area contributed by atoms with E-state index in [9.17, 15) is 0 Å². The zero-order valence-electron chi connectivity index (χ0n) is 10.2. The van der Waals surface area contributed by atoms with Crippen LogP contribution in [0, 0.1) is 0 Å². The number of hydrogen-bond acceptors (Lipinski definition) is 5. The molecule has 0 aliphatic carbocycles. The molecule has 18 heavy (non-hydrogen) atoms. The quantitative estimate of drug-likeness (QED) is 0.939. The molecule has 6 heteroatoms. The highest BCUT2D eigenvalue weighted by Gasteiger charge is 2.16. The minimum atomic E-state index is -0.229. The van der Waals surface area contributed by atoms with Crippen LogP contribution in [-0.2, 0) is 0 Å². The van der Waals surface area contributed by atoms with Crippen molar-refractivity contribution >= 4 is 15.9 Å². The van der Waals surface area contributed by atoms with Crippen LogP contribution in [0.3, 0.4) is 0 Å². The Morgan fingerprint density at radius 1 is 1.44 bits per heavy atom. The van der Waals surface area contributed by atoms with Gasteiger partial charge in [0, 0.05) is 4.47 Å². The molecule has 0 fully saturated rings. The molecular weight excluding hydrogens is 298 g/mol. The average molecular weight is 312 g/mol. The third-order valence-electron chi connectivity index (χ3n) is 2.59. The summed E-state index contributed by atoms with van der Waals surface area (Å²) in [6, 6.07) is 5.37. The Labute approximate surface area is 113 Å². The number of rotatable bonds is 4. The summed E-state index contributed by atoms with van der Waals surface area (Å²) in [6.45, 7) is 1.97. The molecule has 0 bridgehead atoms. The second-order valence-electron chi connectivity index (χ2n) is 3.80. The molecule has 2 rings (SSSR count). The zero-order valence-corrected chi connectivity index (χ0v) is 11.8. The van der Waals surface area contributed by atoms with E-state index >= 15 is 0 Å². The molecule has 1 heterocycles. The van der Waals surface area contributed by atoms with Crippen LogP contribution in [0.25, 0.3) is 11.5 Å². The molecule has 2 aromatic rings. The highest BCUT2D eigenvalue weighted by molar-refractivity contribution is 9.10. The van der Waals surface area contributed by atoms with Gasteiger partial charge in [-0.1, -0.05) is 22.9 Å². The van der Waals surface area contributed by atoms with Gasteiger partial charge in [0.15, 0.2) is 0 Å². The first-order valence-electron chi connectivity index (χ1n) is 5.58. The van der Waals surface area contributed by atoms with Gasteiger partial charge in [0.25, 0.3) is 5.89 Å². The lowest BCUT2D eigenvalue weighted by molar-refractivity contribution is 0.411. The number of ether oxygens (including phenoxy) is 1. The summed E-state index contributed by atoms with van der Waals surface area (Å²) in [7, 11) is 1.60. The standard InChI is InChI=1S/C12H14BrN3O2/c1-3-9(14)12-16-15-11(18-12)8-5-4-7(13)6-10(8)17-2/h4-6,9H,3,14H2,1-2H3. The van der Waals surface area contributed by atoms with Gasteiger partial charge in [-0.2, -0.15) is 0 Å². The van der Waals surface area contributed by atoms with Crippen LogP contribution in [0.15, 0.2) is 27.1 Å². The number of halogens is 1. The molecule has 0 amide bonds. The topological polar surface area (TPSA) is 74.2 Å². The van der Waals surface area contributed by atoms with Gasteiger partial charge < -0.3 is 14.9 Å². The molecule has 96 valence electrons. The molecule has 2 N–H and O–H groups in total. The maximum Gasteiger partial charge on any atom is 0.251 e. The third kappa shape index (κ3) is 2.54. The molecule has 5 nitrogen and oxygen atoms in total. The van der Waals surface area contributed by atoms with E-state index in [2.05, 4.69) is 26.1 Å². The molecule has 0 spiro atoms. The van der Waals surface area contributed by atoms with Crippen molar-refractivity contribution in [1.29, 1.82) is 0 Å². The fourth-order valence-corrected chi connectivity index (χ4v) is 1.85. The van der Waals surface area contributed by atoms with E-state index in [-0.39, 0.29) is 6.04 Å². The van der Waals surface area contributed by atoms with Crippen LogP contribution in [0.2, 0.25) is 0 Å². The lowest BCUT2D eigenvalue weighted by Crippen LogP contribution is -2.08. The van der Waals surface area contributed by atoms with Crippen molar-refractivity contribution in [1.82, 2.24) is 10.2 Å². The largest absolute Gasteiger partial charge is 0.496 e. The fourth-order valence-electron chi connectivity index (χ4n) is 1.51. The fraction of sp³-hybridized carbons (Fsp3) is 0.333. The van der Waals surface area contributed by atoms with Crippen molar-refractivity contribution in [2.45, 2.75) is 19.4 Å². The first kappa shape index (κ1) is 13.0. The minimum absolute atomic E-state index is 0.229. The van der Waals surface area contributed by atoms with Crippen LogP contribution >= 0.6 is 15.9 Å². The summed E-state index contributed by atoms with van der Waals surface area (Å²) >= 11 is 3.38. The molecule has 1 aromatic heterocycles. The summed E-state index contributed by atoms with van der Waals surface area (Å²) in [5.41, 5.74) is 6.60. The number of aromatic nitrogens is 2. The molecule has 1 unspecified atom stereocenters. The monoisotopic (exact) mass is 311 g/mol. The van der Waals surface area contributed by atoms with Crippen molar-refractivity contribution in [3.05, 3.63) is 28.6 Å². The van der Waals surface area contributed by atoms with Crippen LogP contribution < -0.4 is 10.5 Å². The molecule has 0 aliphatic heterocycles. The molecule has 0 saturated heterocycles. The van der Waals surface area contributed by atoms with Gasteiger partial charge in [-0.25, -0.2) is 0 Å². The Hall–Kier alpha value is -1.40. The predicted molar refractivity (Wildman–Crippen MR) is 71.2 cm³/mol. The van der Waals surface area contributed by atoms with E-state index in [1.165, 1.54) is 0 Å². The van der Waals surface area contributed by atoms with Crippen molar-refractivity contribution in [3.63, 3.8) is 0 Å². The van der Waals surface area contributed by atoms with E-state index in [4.69, 9.17) is 14.9 Å². The Kier molecular flexibility index (Phi) is 3.98. The minimum Gasteiger partial charge on any atom is -0.496 e. The van der Waals surface area contributed by atoms with Crippen molar-refractivity contribution < 1.29 is 9.15 Å². The number of hydrogen-bond donors (Lipinski definition) is 1. The summed E-state index contributed by atoms with van der Waals surface area (Å²) < 4.78 is 11.8. The third-order valence-corrected chi connectivity index (χ3v) is 3.08. The van der Waals surface area contributed by atoms with Crippen LogP contribution in [0.4, 0.5) is 0 Å². The highest BCUT2D eigenvalue weighted by atomic mass is 79.9. The Balaban J connectivity index is 2.39. The van der Waals surface area contributed by atoms with Gasteiger partial charge in [-0.05, 0) is 24.6 Å². The molecule has 0 aliphatic rings. The summed E-state index contributed by atoms with van der Waals surface area (Å²) in [6.07, 6.45) is 0.749. The van der Waals surface area contributed by atoms with Crippen LogP contribution in [-0.4, -0.2) is 17.3 Å². The van der Waals surface area contributed by atoms with Gasteiger partial charge in [-0.15, -0.1) is 10.2 Å². The Bertz CT molecular complexity index is 542. The zero-order chi connectivity index (χ0) is 13.1. The number of methoxy groups -OCH3 is 1. The van der Waals surface area contributed by atoms with E-state index < -0.39 is 0 Å². The highest BCUT2D eigenvalue weighted by Crippen LogP contribution is 2.32. The van der Waals surface area contributed by atoms with Crippen LogP contribution in [0.1, 0.15) is 25.3 Å². The van der Waals surface area contributed by atoms with Gasteiger partial charge in [-0.3, -0.25) is 0 Å². The van der Waals surface area contributed by atoms with Crippen LogP contribution in [0.5, 0.6) is 5.75 Å². The first-order valence-corrected chi connectivity index (χ1v) is 6.38. The van der Waals surface area contributed by atoms with E-state index in [1.807, 2.05) is 25.1 Å². The maximum absolute atomic E-state index is 5.85. The first-order chi connectivity index (χ1) is 8.65. The lowest BCUT2D eigenvalue weighted by Gasteiger charge is -2.05. The molecule has 0 saturated carbocycles. The second kappa shape index (κ2) is 5.49. The number of benzene rings is 1. The second-order valence-corrected chi connectivity index (χ2v) is 4.72. The summed E-state index contributed by atoms with van der Waals surface area (Å²) in [5.74, 6) is 1.53. The van der Waals surface area contributed by atoms with E-state index in [0.717, 1.165) is 16.5 Å². The number of nitrogens with zero attached hydrogens (tertiary/aromatic N) is 2. The Morgan fingerprint density at radius 3 is 2.89 bits per heavy atom. The van der Waals surface area contributed by atoms with Gasteiger partial charge >= 0.3 is 0 Å². The predicted octanol–water partition coefficient (Wildman–Crippen LogP) is 2.92. The average Bonchev–Trinajstić information content (AvgIpc) is 2.87. The SMILES string of the molecule is CCC(N)c1nnc(-c2ccc(Br)cc2OC)o1. The van der Waals surface area contributed by atoms with Gasteiger partial charge in [0.2, 0.25) is 5.89 Å². The number of nitrogens with two attached hydrogens (primary N) is 1. The van der Waals surface area contributed by atoms with Gasteiger partial charge in [0.1, 0.15) is 5.75 Å². The smallest absolute Gasteiger partial charge is 0.251 e. The molecule has 1 aromatic carbocycles. The Morgan fingerprint density at radius 2 is 2.22 bits per heavy atom. The van der Waals surface area contributed by atoms with Gasteiger partial charge in [0.05, 0.1) is 18.7 Å². The van der Waals surface area contributed by atoms with E-state index in [0.29, 0.717) is 17.5 Å².